The van der Waals surface area contributed by atoms with Gasteiger partial charge < -0.3 is 5.73 Å². The third-order valence-corrected chi connectivity index (χ3v) is 2.09. The van der Waals surface area contributed by atoms with Crippen molar-refractivity contribution in [2.75, 3.05) is 6.54 Å². The van der Waals surface area contributed by atoms with Crippen LogP contribution in [-0.4, -0.2) is 6.54 Å². The summed E-state index contributed by atoms with van der Waals surface area (Å²) in [5.41, 5.74) is 7.15. The van der Waals surface area contributed by atoms with Gasteiger partial charge in [0.1, 0.15) is 5.82 Å². The second-order valence-electron chi connectivity index (χ2n) is 2.75. The first-order valence-electron chi connectivity index (χ1n) is 3.97. The Kier molecular flexibility index (Phi) is 3.46. The minimum absolute atomic E-state index is 0.325. The lowest BCUT2D eigenvalue weighted by molar-refractivity contribution is 0.628. The number of halogens is 2. The van der Waals surface area contributed by atoms with Gasteiger partial charge in [-0.15, -0.1) is 0 Å². The second kappa shape index (κ2) is 4.40. The van der Waals surface area contributed by atoms with Crippen molar-refractivity contribution >= 4 is 17.2 Å². The van der Waals surface area contributed by atoms with Gasteiger partial charge in [-0.2, -0.15) is 0 Å². The van der Waals surface area contributed by atoms with Crippen LogP contribution in [0.15, 0.2) is 24.3 Å². The molecule has 0 aliphatic heterocycles. The summed E-state index contributed by atoms with van der Waals surface area (Å²) in [7, 11) is 0. The van der Waals surface area contributed by atoms with Crippen LogP contribution < -0.4 is 5.73 Å². The molecular weight excluding hydrogens is 189 g/mol. The average Bonchev–Trinajstić information content (AvgIpc) is 2.04. The molecule has 0 atom stereocenters. The fourth-order valence-corrected chi connectivity index (χ4v) is 1.41. The summed E-state index contributed by atoms with van der Waals surface area (Å²) in [4.78, 5) is 0. The predicted molar refractivity (Wildman–Crippen MR) is 54.1 cm³/mol. The van der Waals surface area contributed by atoms with E-state index in [1.807, 2.05) is 13.0 Å². The Labute approximate surface area is 82.0 Å². The summed E-state index contributed by atoms with van der Waals surface area (Å²) < 4.78 is 12.7. The molecule has 0 saturated heterocycles. The summed E-state index contributed by atoms with van der Waals surface area (Å²) in [6, 6.07) is 4.33. The molecule has 1 aromatic rings. The normalized spacial score (nSPS) is 11.8. The molecule has 0 saturated carbocycles. The largest absolute Gasteiger partial charge is 0.327 e. The molecule has 1 aromatic carbocycles. The first-order valence-corrected chi connectivity index (χ1v) is 4.35. The molecule has 0 spiro atoms. The minimum atomic E-state index is -0.325. The molecule has 13 heavy (non-hydrogen) atoms. The molecule has 2 N–H and O–H groups in total. The van der Waals surface area contributed by atoms with E-state index in [2.05, 4.69) is 0 Å². The van der Waals surface area contributed by atoms with E-state index in [0.29, 0.717) is 11.6 Å². The number of hydrogen-bond donors (Lipinski definition) is 1. The Bertz CT molecular complexity index is 334. The van der Waals surface area contributed by atoms with Crippen LogP contribution in [0.4, 0.5) is 4.39 Å². The molecule has 0 aliphatic rings. The second-order valence-corrected chi connectivity index (χ2v) is 3.15. The van der Waals surface area contributed by atoms with E-state index in [4.69, 9.17) is 17.3 Å². The highest BCUT2D eigenvalue weighted by Gasteiger charge is 2.02. The first kappa shape index (κ1) is 10.2. The van der Waals surface area contributed by atoms with Gasteiger partial charge in [0.25, 0.3) is 0 Å². The molecule has 1 nitrogen and oxygen atoms in total. The highest BCUT2D eigenvalue weighted by Crippen LogP contribution is 2.23. The maximum absolute atomic E-state index is 12.7. The van der Waals surface area contributed by atoms with Gasteiger partial charge in [-0.05, 0) is 30.2 Å². The fraction of sp³-hybridized carbons (Fsp3) is 0.200. The van der Waals surface area contributed by atoms with E-state index in [0.717, 1.165) is 11.1 Å². The molecule has 0 amide bonds. The van der Waals surface area contributed by atoms with Crippen LogP contribution in [0.1, 0.15) is 12.5 Å². The van der Waals surface area contributed by atoms with E-state index < -0.39 is 0 Å². The predicted octanol–water partition coefficient (Wildman–Crippen LogP) is 2.84. The minimum Gasteiger partial charge on any atom is -0.327 e. The van der Waals surface area contributed by atoms with E-state index in [9.17, 15) is 4.39 Å². The Morgan fingerprint density at radius 1 is 1.62 bits per heavy atom. The molecule has 0 bridgehead atoms. The van der Waals surface area contributed by atoms with Crippen LogP contribution in [0.2, 0.25) is 5.02 Å². The monoisotopic (exact) mass is 199 g/mol. The third-order valence-electron chi connectivity index (χ3n) is 1.78. The average molecular weight is 200 g/mol. The number of benzene rings is 1. The Morgan fingerprint density at radius 3 is 2.85 bits per heavy atom. The van der Waals surface area contributed by atoms with E-state index in [-0.39, 0.29) is 5.82 Å². The smallest absolute Gasteiger partial charge is 0.124 e. The SMILES string of the molecule is CC(=CCN)c1ccc(F)cc1Cl. The quantitative estimate of drug-likeness (QED) is 0.779. The number of rotatable bonds is 2. The van der Waals surface area contributed by atoms with E-state index >= 15 is 0 Å². The van der Waals surface area contributed by atoms with Crippen molar-refractivity contribution in [1.29, 1.82) is 0 Å². The van der Waals surface area contributed by atoms with Gasteiger partial charge in [0.05, 0.1) is 5.02 Å². The highest BCUT2D eigenvalue weighted by molar-refractivity contribution is 6.32. The number of nitrogens with two attached hydrogens (primary N) is 1. The molecule has 0 unspecified atom stereocenters. The van der Waals surface area contributed by atoms with Crippen LogP contribution >= 0.6 is 11.6 Å². The molecule has 70 valence electrons. The summed E-state index contributed by atoms with van der Waals surface area (Å²) >= 11 is 5.84. The zero-order chi connectivity index (χ0) is 9.84. The van der Waals surface area contributed by atoms with Crippen molar-refractivity contribution in [3.05, 3.63) is 40.7 Å². The first-order chi connectivity index (χ1) is 6.15. The maximum atomic E-state index is 12.7. The fourth-order valence-electron chi connectivity index (χ4n) is 1.10. The summed E-state index contributed by atoms with van der Waals surface area (Å²) in [6.45, 7) is 2.35. The van der Waals surface area contributed by atoms with Crippen molar-refractivity contribution < 1.29 is 4.39 Å². The molecule has 0 aromatic heterocycles. The number of allylic oxidation sites excluding steroid dienone is 1. The van der Waals surface area contributed by atoms with Gasteiger partial charge in [0, 0.05) is 6.54 Å². The molecule has 0 aliphatic carbocycles. The van der Waals surface area contributed by atoms with Gasteiger partial charge in [-0.1, -0.05) is 23.7 Å². The maximum Gasteiger partial charge on any atom is 0.124 e. The Hall–Kier alpha value is -0.860. The molecule has 0 fully saturated rings. The lowest BCUT2D eigenvalue weighted by atomic mass is 10.1. The highest BCUT2D eigenvalue weighted by atomic mass is 35.5. The molecular formula is C10H11ClFN. The van der Waals surface area contributed by atoms with Gasteiger partial charge in [-0.25, -0.2) is 4.39 Å². The van der Waals surface area contributed by atoms with Crippen molar-refractivity contribution in [3.63, 3.8) is 0 Å². The van der Waals surface area contributed by atoms with Gasteiger partial charge in [0.15, 0.2) is 0 Å². The summed E-state index contributed by atoms with van der Waals surface area (Å²) in [5, 5.41) is 0.419. The van der Waals surface area contributed by atoms with Crippen molar-refractivity contribution in [1.82, 2.24) is 0 Å². The summed E-state index contributed by atoms with van der Waals surface area (Å²) in [6.07, 6.45) is 1.85. The van der Waals surface area contributed by atoms with Crippen LogP contribution in [0.3, 0.4) is 0 Å². The van der Waals surface area contributed by atoms with E-state index in [1.54, 1.807) is 6.07 Å². The molecule has 0 heterocycles. The van der Waals surface area contributed by atoms with Gasteiger partial charge in [-0.3, -0.25) is 0 Å². The lowest BCUT2D eigenvalue weighted by Gasteiger charge is -2.03. The van der Waals surface area contributed by atoms with Crippen LogP contribution in [-0.2, 0) is 0 Å². The van der Waals surface area contributed by atoms with Crippen molar-refractivity contribution in [2.45, 2.75) is 6.92 Å². The Balaban J connectivity index is 3.09. The Morgan fingerprint density at radius 2 is 2.31 bits per heavy atom. The van der Waals surface area contributed by atoms with Crippen LogP contribution in [0.25, 0.3) is 5.57 Å². The van der Waals surface area contributed by atoms with Gasteiger partial charge in [0.2, 0.25) is 0 Å². The third kappa shape index (κ3) is 2.54. The van der Waals surface area contributed by atoms with E-state index in [1.165, 1.54) is 12.1 Å². The standard InChI is InChI=1S/C10H11ClFN/c1-7(4-5-13)9-3-2-8(12)6-10(9)11/h2-4,6H,5,13H2,1H3. The van der Waals surface area contributed by atoms with Gasteiger partial charge >= 0.3 is 0 Å². The molecule has 1 rings (SSSR count). The zero-order valence-electron chi connectivity index (χ0n) is 7.35. The topological polar surface area (TPSA) is 26.0 Å². The van der Waals surface area contributed by atoms with Crippen LogP contribution in [0, 0.1) is 5.82 Å². The van der Waals surface area contributed by atoms with Crippen molar-refractivity contribution in [2.24, 2.45) is 5.73 Å². The summed E-state index contributed by atoms with van der Waals surface area (Å²) in [5.74, 6) is -0.325. The lowest BCUT2D eigenvalue weighted by Crippen LogP contribution is -1.94. The van der Waals surface area contributed by atoms with Crippen LogP contribution in [0.5, 0.6) is 0 Å². The zero-order valence-corrected chi connectivity index (χ0v) is 8.11. The number of hydrogen-bond acceptors (Lipinski definition) is 1. The molecule has 3 heteroatoms. The van der Waals surface area contributed by atoms with Crippen molar-refractivity contribution in [3.8, 4) is 0 Å². The molecule has 0 radical (unpaired) electrons.